The van der Waals surface area contributed by atoms with Gasteiger partial charge in [-0.15, -0.1) is 0 Å². The maximum absolute atomic E-state index is 13.5. The number of hydrogen-bond donors (Lipinski definition) is 2. The lowest BCUT2D eigenvalue weighted by molar-refractivity contribution is 0.1000. The number of primary amides is 1. The first kappa shape index (κ1) is 12.0. The van der Waals surface area contributed by atoms with Gasteiger partial charge in [-0.3, -0.25) is 4.79 Å². The number of nitrogens with two attached hydrogens (primary N) is 1. The van der Waals surface area contributed by atoms with Gasteiger partial charge >= 0.3 is 0 Å². The second-order valence-electron chi connectivity index (χ2n) is 3.72. The summed E-state index contributed by atoms with van der Waals surface area (Å²) in [4.78, 5) is 10.9. The van der Waals surface area contributed by atoms with Crippen molar-refractivity contribution in [2.45, 2.75) is 0 Å². The first-order chi connectivity index (χ1) is 8.49. The number of hydrogen-bond acceptors (Lipinski definition) is 2. The smallest absolute Gasteiger partial charge is 0.248 e. The number of amides is 1. The van der Waals surface area contributed by atoms with Gasteiger partial charge < -0.3 is 10.8 Å². The largest absolute Gasteiger partial charge is 0.507 e. The molecule has 92 valence electrons. The van der Waals surface area contributed by atoms with Gasteiger partial charge in [0.15, 0.2) is 0 Å². The van der Waals surface area contributed by atoms with E-state index in [-0.39, 0.29) is 22.4 Å². The summed E-state index contributed by atoms with van der Waals surface area (Å²) in [7, 11) is 0. The van der Waals surface area contributed by atoms with Crippen molar-refractivity contribution in [1.82, 2.24) is 0 Å². The number of rotatable bonds is 2. The number of halogens is 2. The zero-order chi connectivity index (χ0) is 13.3. The molecule has 0 spiro atoms. The third-order valence-electron chi connectivity index (χ3n) is 2.50. The van der Waals surface area contributed by atoms with E-state index in [1.807, 2.05) is 0 Å². The van der Waals surface area contributed by atoms with Crippen molar-refractivity contribution in [1.29, 1.82) is 0 Å². The van der Waals surface area contributed by atoms with Crippen LogP contribution in [0, 0.1) is 11.6 Å². The van der Waals surface area contributed by atoms with E-state index in [0.29, 0.717) is 0 Å². The van der Waals surface area contributed by atoms with Gasteiger partial charge in [0.05, 0.1) is 0 Å². The fourth-order valence-electron chi connectivity index (χ4n) is 1.62. The molecule has 2 aromatic carbocycles. The summed E-state index contributed by atoms with van der Waals surface area (Å²) in [5, 5.41) is 9.72. The molecule has 0 atom stereocenters. The van der Waals surface area contributed by atoms with Crippen LogP contribution in [-0.4, -0.2) is 11.0 Å². The number of carbonyl (C=O) groups is 1. The molecule has 18 heavy (non-hydrogen) atoms. The molecule has 0 aliphatic carbocycles. The van der Waals surface area contributed by atoms with Crippen molar-refractivity contribution in [3.8, 4) is 16.9 Å². The molecule has 0 heterocycles. The monoisotopic (exact) mass is 249 g/mol. The van der Waals surface area contributed by atoms with E-state index >= 15 is 0 Å². The molecule has 0 saturated heterocycles. The molecular weight excluding hydrogens is 240 g/mol. The molecule has 0 fully saturated rings. The van der Waals surface area contributed by atoms with E-state index < -0.39 is 17.5 Å². The minimum atomic E-state index is -0.794. The molecule has 2 aromatic rings. The maximum atomic E-state index is 13.5. The van der Waals surface area contributed by atoms with Gasteiger partial charge in [-0.25, -0.2) is 8.78 Å². The van der Waals surface area contributed by atoms with Crippen LogP contribution in [0.15, 0.2) is 36.4 Å². The van der Waals surface area contributed by atoms with Gasteiger partial charge in [-0.05, 0) is 30.3 Å². The van der Waals surface area contributed by atoms with Crippen LogP contribution in [0.3, 0.4) is 0 Å². The Morgan fingerprint density at radius 1 is 1.06 bits per heavy atom. The van der Waals surface area contributed by atoms with Gasteiger partial charge in [-0.1, -0.05) is 0 Å². The molecule has 1 amide bonds. The molecule has 0 bridgehead atoms. The molecule has 0 unspecified atom stereocenters. The van der Waals surface area contributed by atoms with Crippen molar-refractivity contribution in [3.05, 3.63) is 53.6 Å². The molecule has 0 saturated carbocycles. The number of carbonyl (C=O) groups excluding carboxylic acids is 1. The molecule has 2 rings (SSSR count). The second-order valence-corrected chi connectivity index (χ2v) is 3.72. The summed E-state index contributed by atoms with van der Waals surface area (Å²) >= 11 is 0. The highest BCUT2D eigenvalue weighted by atomic mass is 19.1. The summed E-state index contributed by atoms with van der Waals surface area (Å²) in [6.07, 6.45) is 0. The van der Waals surface area contributed by atoms with Crippen molar-refractivity contribution in [2.24, 2.45) is 5.73 Å². The van der Waals surface area contributed by atoms with Crippen molar-refractivity contribution < 1.29 is 18.7 Å². The van der Waals surface area contributed by atoms with Crippen LogP contribution >= 0.6 is 0 Å². The summed E-state index contributed by atoms with van der Waals surface area (Å²) < 4.78 is 26.3. The van der Waals surface area contributed by atoms with Crippen LogP contribution in [0.25, 0.3) is 11.1 Å². The van der Waals surface area contributed by atoms with E-state index in [9.17, 15) is 18.7 Å². The van der Waals surface area contributed by atoms with E-state index in [0.717, 1.165) is 18.2 Å². The maximum Gasteiger partial charge on any atom is 0.248 e. The number of phenols is 1. The summed E-state index contributed by atoms with van der Waals surface area (Å²) in [6, 6.07) is 6.87. The zero-order valence-electron chi connectivity index (χ0n) is 9.15. The lowest BCUT2D eigenvalue weighted by atomic mass is 10.0. The standard InChI is InChI=1S/C13H9F2NO2/c14-8-2-4-9(11(15)6-8)10-3-1-7(13(16)18)5-12(10)17/h1-6,17H,(H2,16,18). The minimum absolute atomic E-state index is 0.0462. The molecule has 0 aromatic heterocycles. The molecule has 3 N–H and O–H groups in total. The third kappa shape index (κ3) is 2.15. The van der Waals surface area contributed by atoms with E-state index in [1.165, 1.54) is 18.2 Å². The molecule has 5 heteroatoms. The Kier molecular flexibility index (Phi) is 2.97. The predicted octanol–water partition coefficient (Wildman–Crippen LogP) is 2.44. The SMILES string of the molecule is NC(=O)c1ccc(-c2ccc(F)cc2F)c(O)c1. The first-order valence-electron chi connectivity index (χ1n) is 5.07. The molecular formula is C13H9F2NO2. The van der Waals surface area contributed by atoms with Crippen molar-refractivity contribution in [2.75, 3.05) is 0 Å². The van der Waals surface area contributed by atoms with Crippen LogP contribution in [0.5, 0.6) is 5.75 Å². The predicted molar refractivity (Wildman–Crippen MR) is 62.0 cm³/mol. The highest BCUT2D eigenvalue weighted by Crippen LogP contribution is 2.31. The lowest BCUT2D eigenvalue weighted by Crippen LogP contribution is -2.10. The summed E-state index contributed by atoms with van der Waals surface area (Å²) in [5.41, 5.74) is 5.37. The quantitative estimate of drug-likeness (QED) is 0.858. The van der Waals surface area contributed by atoms with Crippen LogP contribution in [-0.2, 0) is 0 Å². The Morgan fingerprint density at radius 3 is 2.28 bits per heavy atom. The Labute approximate surface area is 101 Å². The van der Waals surface area contributed by atoms with E-state index in [2.05, 4.69) is 0 Å². The molecule has 3 nitrogen and oxygen atoms in total. The van der Waals surface area contributed by atoms with Crippen LogP contribution in [0.2, 0.25) is 0 Å². The second kappa shape index (κ2) is 4.44. The van der Waals surface area contributed by atoms with Gasteiger partial charge in [0.25, 0.3) is 0 Å². The third-order valence-corrected chi connectivity index (χ3v) is 2.50. The van der Waals surface area contributed by atoms with Crippen molar-refractivity contribution in [3.63, 3.8) is 0 Å². The number of benzene rings is 2. The Morgan fingerprint density at radius 2 is 1.72 bits per heavy atom. The van der Waals surface area contributed by atoms with E-state index in [4.69, 9.17) is 5.73 Å². The minimum Gasteiger partial charge on any atom is -0.507 e. The highest BCUT2D eigenvalue weighted by molar-refractivity contribution is 5.94. The fourth-order valence-corrected chi connectivity index (χ4v) is 1.62. The number of phenolic OH excluding ortho intramolecular Hbond substituents is 1. The van der Waals surface area contributed by atoms with Gasteiger partial charge in [0, 0.05) is 22.8 Å². The fraction of sp³-hybridized carbons (Fsp3) is 0. The topological polar surface area (TPSA) is 63.3 Å². The molecule has 0 aliphatic rings. The van der Waals surface area contributed by atoms with Crippen molar-refractivity contribution >= 4 is 5.91 Å². The average molecular weight is 249 g/mol. The van der Waals surface area contributed by atoms with Gasteiger partial charge in [-0.2, -0.15) is 0 Å². The highest BCUT2D eigenvalue weighted by Gasteiger charge is 2.12. The van der Waals surface area contributed by atoms with Crippen LogP contribution in [0.1, 0.15) is 10.4 Å². The van der Waals surface area contributed by atoms with E-state index in [1.54, 1.807) is 0 Å². The molecule has 0 radical (unpaired) electrons. The van der Waals surface area contributed by atoms with Crippen LogP contribution in [0.4, 0.5) is 8.78 Å². The average Bonchev–Trinajstić information content (AvgIpc) is 2.30. The number of aromatic hydroxyl groups is 1. The lowest BCUT2D eigenvalue weighted by Gasteiger charge is -2.07. The Bertz CT molecular complexity index is 626. The molecule has 0 aliphatic heterocycles. The Hall–Kier alpha value is -2.43. The Balaban J connectivity index is 2.54. The normalized spacial score (nSPS) is 10.3. The van der Waals surface area contributed by atoms with Gasteiger partial charge in [0.2, 0.25) is 5.91 Å². The summed E-state index contributed by atoms with van der Waals surface area (Å²) in [6.45, 7) is 0. The first-order valence-corrected chi connectivity index (χ1v) is 5.07. The van der Waals surface area contributed by atoms with Gasteiger partial charge in [0.1, 0.15) is 17.4 Å². The van der Waals surface area contributed by atoms with Crippen LogP contribution < -0.4 is 5.73 Å². The zero-order valence-corrected chi connectivity index (χ0v) is 9.15. The summed E-state index contributed by atoms with van der Waals surface area (Å²) in [5.74, 6) is -2.49.